The van der Waals surface area contributed by atoms with E-state index in [1.54, 1.807) is 13.1 Å². The molecule has 1 fully saturated rings. The first kappa shape index (κ1) is 13.5. The normalized spacial score (nSPS) is 18.9. The molecule has 1 aliphatic heterocycles. The van der Waals surface area contributed by atoms with E-state index >= 15 is 0 Å². The Morgan fingerprint density at radius 3 is 3.00 bits per heavy atom. The molecule has 0 N–H and O–H groups in total. The van der Waals surface area contributed by atoms with Gasteiger partial charge in [-0.15, -0.1) is 0 Å². The van der Waals surface area contributed by atoms with Crippen molar-refractivity contribution in [3.05, 3.63) is 34.1 Å². The van der Waals surface area contributed by atoms with Gasteiger partial charge in [0, 0.05) is 24.7 Å². The minimum atomic E-state index is -0.506. The highest BCUT2D eigenvalue weighted by Gasteiger charge is 2.22. The molecule has 1 saturated heterocycles. The van der Waals surface area contributed by atoms with Gasteiger partial charge in [0.2, 0.25) is 0 Å². The molecule has 0 saturated carbocycles. The third-order valence-electron chi connectivity index (χ3n) is 3.01. The van der Waals surface area contributed by atoms with Gasteiger partial charge in [0.05, 0.1) is 11.7 Å². The van der Waals surface area contributed by atoms with E-state index in [0.29, 0.717) is 11.0 Å². The molecule has 1 aromatic carbocycles. The quantitative estimate of drug-likeness (QED) is 0.858. The van der Waals surface area contributed by atoms with Crippen LogP contribution < -0.4 is 0 Å². The summed E-state index contributed by atoms with van der Waals surface area (Å²) in [5.41, 5.74) is 0.0960. The number of carbonyl (C=O) groups excluding carboxylic acids is 1. The molecule has 1 heterocycles. The molecule has 1 amide bonds. The predicted octanol–water partition coefficient (Wildman–Crippen LogP) is 2.84. The molecule has 1 aromatic rings. The molecule has 18 heavy (non-hydrogen) atoms. The molecule has 0 spiro atoms. The van der Waals surface area contributed by atoms with Crippen molar-refractivity contribution in [2.45, 2.75) is 18.9 Å². The van der Waals surface area contributed by atoms with Crippen molar-refractivity contribution in [2.75, 3.05) is 20.2 Å². The minimum absolute atomic E-state index is 0.0810. The first-order chi connectivity index (χ1) is 8.58. The van der Waals surface area contributed by atoms with E-state index < -0.39 is 5.82 Å². The Labute approximate surface area is 114 Å². The lowest BCUT2D eigenvalue weighted by Gasteiger charge is -2.21. The Kier molecular flexibility index (Phi) is 4.35. The molecular formula is C13H15BrFNO2. The maximum Gasteiger partial charge on any atom is 0.256 e. The van der Waals surface area contributed by atoms with Crippen molar-refractivity contribution in [1.82, 2.24) is 4.90 Å². The van der Waals surface area contributed by atoms with Crippen LogP contribution >= 0.6 is 15.9 Å². The standard InChI is InChI=1S/C13H15BrFNO2/c1-16(8-10-3-2-6-18-10)13(17)11-5-4-9(14)7-12(11)15/h4-5,7,10H,2-3,6,8H2,1H3. The van der Waals surface area contributed by atoms with E-state index in [0.717, 1.165) is 19.4 Å². The first-order valence-corrected chi connectivity index (χ1v) is 6.69. The van der Waals surface area contributed by atoms with Crippen LogP contribution in [-0.4, -0.2) is 37.1 Å². The predicted molar refractivity (Wildman–Crippen MR) is 70.0 cm³/mol. The van der Waals surface area contributed by atoms with E-state index in [9.17, 15) is 9.18 Å². The molecule has 1 atom stereocenters. The second kappa shape index (κ2) is 5.80. The number of rotatable bonds is 3. The zero-order chi connectivity index (χ0) is 13.1. The second-order valence-corrected chi connectivity index (χ2v) is 5.36. The lowest BCUT2D eigenvalue weighted by molar-refractivity contribution is 0.0583. The fourth-order valence-corrected chi connectivity index (χ4v) is 2.38. The number of halogens is 2. The number of amides is 1. The molecule has 2 rings (SSSR count). The van der Waals surface area contributed by atoms with Gasteiger partial charge in [0.15, 0.2) is 0 Å². The number of carbonyl (C=O) groups is 1. The summed E-state index contributed by atoms with van der Waals surface area (Å²) in [5.74, 6) is -0.816. The highest BCUT2D eigenvalue weighted by molar-refractivity contribution is 9.10. The van der Waals surface area contributed by atoms with Crippen molar-refractivity contribution in [2.24, 2.45) is 0 Å². The highest BCUT2D eigenvalue weighted by Crippen LogP contribution is 2.18. The molecule has 5 heteroatoms. The Hall–Kier alpha value is -0.940. The van der Waals surface area contributed by atoms with Crippen LogP contribution in [-0.2, 0) is 4.74 Å². The average molecular weight is 316 g/mol. The van der Waals surface area contributed by atoms with Crippen LogP contribution in [0.1, 0.15) is 23.2 Å². The fourth-order valence-electron chi connectivity index (χ4n) is 2.05. The van der Waals surface area contributed by atoms with Crippen molar-refractivity contribution >= 4 is 21.8 Å². The third-order valence-corrected chi connectivity index (χ3v) is 3.50. The van der Waals surface area contributed by atoms with Crippen molar-refractivity contribution in [3.8, 4) is 0 Å². The molecule has 0 bridgehead atoms. The molecule has 1 unspecified atom stereocenters. The Morgan fingerprint density at radius 1 is 1.61 bits per heavy atom. The number of hydrogen-bond donors (Lipinski definition) is 0. The van der Waals surface area contributed by atoms with E-state index in [4.69, 9.17) is 4.74 Å². The maximum atomic E-state index is 13.7. The van der Waals surface area contributed by atoms with Crippen LogP contribution in [0.25, 0.3) is 0 Å². The lowest BCUT2D eigenvalue weighted by atomic mass is 10.1. The number of ether oxygens (including phenoxy) is 1. The first-order valence-electron chi connectivity index (χ1n) is 5.90. The fraction of sp³-hybridized carbons (Fsp3) is 0.462. The molecule has 0 aromatic heterocycles. The summed E-state index contributed by atoms with van der Waals surface area (Å²) >= 11 is 3.17. The van der Waals surface area contributed by atoms with Crippen LogP contribution in [0.3, 0.4) is 0 Å². The van der Waals surface area contributed by atoms with Crippen LogP contribution in [0.5, 0.6) is 0 Å². The monoisotopic (exact) mass is 315 g/mol. The molecule has 3 nitrogen and oxygen atoms in total. The molecule has 98 valence electrons. The van der Waals surface area contributed by atoms with Gasteiger partial charge in [0.25, 0.3) is 5.91 Å². The maximum absolute atomic E-state index is 13.7. The summed E-state index contributed by atoms with van der Waals surface area (Å²) < 4.78 is 19.8. The smallest absolute Gasteiger partial charge is 0.256 e. The summed E-state index contributed by atoms with van der Waals surface area (Å²) in [7, 11) is 1.67. The zero-order valence-electron chi connectivity index (χ0n) is 10.2. The molecular weight excluding hydrogens is 301 g/mol. The van der Waals surface area contributed by atoms with Crippen molar-refractivity contribution < 1.29 is 13.9 Å². The van der Waals surface area contributed by atoms with Crippen LogP contribution in [0, 0.1) is 5.82 Å². The van der Waals surface area contributed by atoms with Gasteiger partial charge in [-0.3, -0.25) is 4.79 Å². The van der Waals surface area contributed by atoms with E-state index in [1.807, 2.05) is 0 Å². The van der Waals surface area contributed by atoms with E-state index in [2.05, 4.69) is 15.9 Å². The Morgan fingerprint density at radius 2 is 2.39 bits per heavy atom. The van der Waals surface area contributed by atoms with Crippen LogP contribution in [0.4, 0.5) is 4.39 Å². The zero-order valence-corrected chi connectivity index (χ0v) is 11.7. The highest BCUT2D eigenvalue weighted by atomic mass is 79.9. The lowest BCUT2D eigenvalue weighted by Crippen LogP contribution is -2.34. The Bertz CT molecular complexity index is 447. The Balaban J connectivity index is 2.05. The van der Waals surface area contributed by atoms with Crippen LogP contribution in [0.15, 0.2) is 22.7 Å². The largest absolute Gasteiger partial charge is 0.376 e. The summed E-state index contributed by atoms with van der Waals surface area (Å²) in [6.45, 7) is 1.26. The number of nitrogens with zero attached hydrogens (tertiary/aromatic N) is 1. The van der Waals surface area contributed by atoms with E-state index in [-0.39, 0.29) is 17.6 Å². The van der Waals surface area contributed by atoms with Gasteiger partial charge in [-0.1, -0.05) is 15.9 Å². The minimum Gasteiger partial charge on any atom is -0.376 e. The number of benzene rings is 1. The van der Waals surface area contributed by atoms with Gasteiger partial charge in [-0.2, -0.15) is 0 Å². The van der Waals surface area contributed by atoms with Gasteiger partial charge < -0.3 is 9.64 Å². The molecule has 0 aliphatic carbocycles. The second-order valence-electron chi connectivity index (χ2n) is 4.44. The van der Waals surface area contributed by atoms with E-state index in [1.165, 1.54) is 17.0 Å². The SMILES string of the molecule is CN(CC1CCCO1)C(=O)c1ccc(Br)cc1F. The average Bonchev–Trinajstić information content (AvgIpc) is 2.81. The summed E-state index contributed by atoms with van der Waals surface area (Å²) in [4.78, 5) is 13.6. The molecule has 1 aliphatic rings. The van der Waals surface area contributed by atoms with Gasteiger partial charge in [-0.25, -0.2) is 4.39 Å². The van der Waals surface area contributed by atoms with Gasteiger partial charge in [0.1, 0.15) is 5.82 Å². The third kappa shape index (κ3) is 3.09. The molecule has 0 radical (unpaired) electrons. The number of hydrogen-bond acceptors (Lipinski definition) is 2. The van der Waals surface area contributed by atoms with Crippen molar-refractivity contribution in [1.29, 1.82) is 0 Å². The topological polar surface area (TPSA) is 29.5 Å². The van der Waals surface area contributed by atoms with Crippen LogP contribution in [0.2, 0.25) is 0 Å². The summed E-state index contributed by atoms with van der Waals surface area (Å²) in [6.07, 6.45) is 2.07. The number of likely N-dealkylation sites (N-methyl/N-ethyl adjacent to an activating group) is 1. The summed E-state index contributed by atoms with van der Waals surface area (Å²) in [6, 6.07) is 4.46. The van der Waals surface area contributed by atoms with Gasteiger partial charge in [-0.05, 0) is 31.0 Å². The van der Waals surface area contributed by atoms with Gasteiger partial charge >= 0.3 is 0 Å². The van der Waals surface area contributed by atoms with Crippen molar-refractivity contribution in [3.63, 3.8) is 0 Å². The summed E-state index contributed by atoms with van der Waals surface area (Å²) in [5, 5.41) is 0.